The molecule has 0 radical (unpaired) electrons. The first-order valence-electron chi connectivity index (χ1n) is 7.30. The highest BCUT2D eigenvalue weighted by atomic mass is 35.5. The van der Waals surface area contributed by atoms with E-state index in [-0.39, 0.29) is 12.3 Å². The van der Waals surface area contributed by atoms with E-state index in [1.165, 1.54) is 0 Å². The zero-order chi connectivity index (χ0) is 15.9. The quantitative estimate of drug-likeness (QED) is 0.895. The molecule has 2 aliphatic heterocycles. The standard InChI is InChI=1S/C15H18ClN3O3/c1-18-13(20)8-11(14(21)22)15(18)4-6-19(7-5-15)12-3-2-10(16)9-17-12/h2-3,9,11H,4-8H2,1H3,(H,21,22)/t11-/m0/s1. The second-order valence-corrected chi connectivity index (χ2v) is 6.41. The molecule has 1 amide bonds. The van der Waals surface area contributed by atoms with Crippen molar-refractivity contribution in [1.29, 1.82) is 0 Å². The highest BCUT2D eigenvalue weighted by Gasteiger charge is 2.55. The molecule has 2 fully saturated rings. The summed E-state index contributed by atoms with van der Waals surface area (Å²) in [6.07, 6.45) is 2.98. The number of rotatable bonds is 2. The number of amides is 1. The molecule has 3 heterocycles. The Morgan fingerprint density at radius 3 is 2.64 bits per heavy atom. The summed E-state index contributed by atoms with van der Waals surface area (Å²) in [5.74, 6) is -0.746. The third-order valence-corrected chi connectivity index (χ3v) is 5.26. The van der Waals surface area contributed by atoms with Gasteiger partial charge in [0.15, 0.2) is 0 Å². The summed E-state index contributed by atoms with van der Waals surface area (Å²) in [5.41, 5.74) is -0.564. The minimum Gasteiger partial charge on any atom is -0.481 e. The fraction of sp³-hybridized carbons (Fsp3) is 0.533. The van der Waals surface area contributed by atoms with Gasteiger partial charge in [-0.3, -0.25) is 9.59 Å². The first kappa shape index (κ1) is 15.1. The van der Waals surface area contributed by atoms with Crippen LogP contribution in [0.1, 0.15) is 19.3 Å². The average Bonchev–Trinajstić information content (AvgIpc) is 2.75. The highest BCUT2D eigenvalue weighted by molar-refractivity contribution is 6.30. The molecule has 0 unspecified atom stereocenters. The number of carbonyl (C=O) groups excluding carboxylic acids is 1. The number of hydrogen-bond donors (Lipinski definition) is 1. The van der Waals surface area contributed by atoms with Crippen LogP contribution in [-0.2, 0) is 9.59 Å². The number of anilines is 1. The largest absolute Gasteiger partial charge is 0.481 e. The van der Waals surface area contributed by atoms with Gasteiger partial charge in [0.1, 0.15) is 5.82 Å². The molecule has 1 spiro atoms. The fourth-order valence-electron chi connectivity index (χ4n) is 3.66. The Kier molecular flexibility index (Phi) is 3.72. The van der Waals surface area contributed by atoms with Crippen molar-refractivity contribution in [2.24, 2.45) is 5.92 Å². The number of piperidine rings is 1. The molecule has 7 heteroatoms. The Hall–Kier alpha value is -1.82. The minimum atomic E-state index is -0.879. The van der Waals surface area contributed by atoms with E-state index in [0.29, 0.717) is 31.0 Å². The van der Waals surface area contributed by atoms with Crippen LogP contribution in [0.3, 0.4) is 0 Å². The van der Waals surface area contributed by atoms with Gasteiger partial charge in [-0.1, -0.05) is 11.6 Å². The lowest BCUT2D eigenvalue weighted by molar-refractivity contribution is -0.145. The predicted octanol–water partition coefficient (Wildman–Crippen LogP) is 1.64. The van der Waals surface area contributed by atoms with Gasteiger partial charge < -0.3 is 14.9 Å². The molecule has 0 aromatic carbocycles. The molecule has 3 rings (SSSR count). The summed E-state index contributed by atoms with van der Waals surface area (Å²) in [4.78, 5) is 31.6. The van der Waals surface area contributed by atoms with Gasteiger partial charge in [-0.2, -0.15) is 0 Å². The Morgan fingerprint density at radius 1 is 1.41 bits per heavy atom. The number of aromatic nitrogens is 1. The molecule has 0 bridgehead atoms. The van der Waals surface area contributed by atoms with E-state index in [9.17, 15) is 14.7 Å². The molecule has 0 aliphatic carbocycles. The van der Waals surface area contributed by atoms with Crippen molar-refractivity contribution in [3.05, 3.63) is 23.4 Å². The van der Waals surface area contributed by atoms with E-state index in [1.54, 1.807) is 24.2 Å². The molecule has 2 aliphatic rings. The van der Waals surface area contributed by atoms with Gasteiger partial charge in [0.05, 0.1) is 16.5 Å². The maximum absolute atomic E-state index is 12.0. The number of carbonyl (C=O) groups is 2. The number of halogens is 1. The van der Waals surface area contributed by atoms with Gasteiger partial charge in [-0.15, -0.1) is 0 Å². The van der Waals surface area contributed by atoms with Gasteiger partial charge in [0.25, 0.3) is 0 Å². The number of carboxylic acid groups (broad SMARTS) is 1. The zero-order valence-electron chi connectivity index (χ0n) is 12.3. The molecular formula is C15H18ClN3O3. The van der Waals surface area contributed by atoms with Crippen molar-refractivity contribution in [3.63, 3.8) is 0 Å². The Labute approximate surface area is 133 Å². The van der Waals surface area contributed by atoms with Gasteiger partial charge in [0.2, 0.25) is 5.91 Å². The third kappa shape index (κ3) is 2.31. The summed E-state index contributed by atoms with van der Waals surface area (Å²) in [6.45, 7) is 1.35. The number of nitrogens with zero attached hydrogens (tertiary/aromatic N) is 3. The minimum absolute atomic E-state index is 0.0783. The molecule has 0 saturated carbocycles. The molecular weight excluding hydrogens is 306 g/mol. The normalized spacial score (nSPS) is 24.1. The van der Waals surface area contributed by atoms with Gasteiger partial charge in [0, 0.05) is 32.8 Å². The summed E-state index contributed by atoms with van der Waals surface area (Å²) in [7, 11) is 1.72. The topological polar surface area (TPSA) is 73.7 Å². The van der Waals surface area contributed by atoms with Crippen LogP contribution in [0, 0.1) is 5.92 Å². The Bertz CT molecular complexity index is 597. The maximum atomic E-state index is 12.0. The first-order valence-corrected chi connectivity index (χ1v) is 7.68. The lowest BCUT2D eigenvalue weighted by Gasteiger charge is -2.45. The summed E-state index contributed by atoms with van der Waals surface area (Å²) < 4.78 is 0. The average molecular weight is 324 g/mol. The summed E-state index contributed by atoms with van der Waals surface area (Å²) >= 11 is 5.85. The lowest BCUT2D eigenvalue weighted by Crippen LogP contribution is -2.56. The summed E-state index contributed by atoms with van der Waals surface area (Å²) in [5, 5.41) is 10.0. The van der Waals surface area contributed by atoms with Crippen molar-refractivity contribution in [2.75, 3.05) is 25.0 Å². The van der Waals surface area contributed by atoms with Crippen LogP contribution in [0.2, 0.25) is 5.02 Å². The van der Waals surface area contributed by atoms with E-state index in [4.69, 9.17) is 11.6 Å². The number of carboxylic acids is 1. The molecule has 1 aromatic heterocycles. The van der Waals surface area contributed by atoms with Crippen LogP contribution in [-0.4, -0.2) is 52.5 Å². The predicted molar refractivity (Wildman–Crippen MR) is 81.9 cm³/mol. The monoisotopic (exact) mass is 323 g/mol. The fourth-order valence-corrected chi connectivity index (χ4v) is 3.77. The molecule has 118 valence electrons. The Morgan fingerprint density at radius 2 is 2.09 bits per heavy atom. The highest BCUT2D eigenvalue weighted by Crippen LogP contribution is 2.43. The number of aliphatic carboxylic acids is 1. The molecule has 22 heavy (non-hydrogen) atoms. The first-order chi connectivity index (χ1) is 10.4. The number of hydrogen-bond acceptors (Lipinski definition) is 4. The van der Waals surface area contributed by atoms with Crippen molar-refractivity contribution >= 4 is 29.3 Å². The van der Waals surface area contributed by atoms with Crippen molar-refractivity contribution in [3.8, 4) is 0 Å². The van der Waals surface area contributed by atoms with Crippen molar-refractivity contribution in [1.82, 2.24) is 9.88 Å². The van der Waals surface area contributed by atoms with E-state index in [1.807, 2.05) is 6.07 Å². The molecule has 2 saturated heterocycles. The zero-order valence-corrected chi connectivity index (χ0v) is 13.1. The molecule has 6 nitrogen and oxygen atoms in total. The summed E-state index contributed by atoms with van der Waals surface area (Å²) in [6, 6.07) is 3.65. The Balaban J connectivity index is 1.78. The van der Waals surface area contributed by atoms with Gasteiger partial charge in [-0.05, 0) is 25.0 Å². The molecule has 1 N–H and O–H groups in total. The second-order valence-electron chi connectivity index (χ2n) is 5.97. The van der Waals surface area contributed by atoms with E-state index in [2.05, 4.69) is 9.88 Å². The number of likely N-dealkylation sites (tertiary alicyclic amines) is 1. The van der Waals surface area contributed by atoms with E-state index < -0.39 is 17.4 Å². The SMILES string of the molecule is CN1C(=O)C[C@@H](C(=O)O)C12CCN(c1ccc(Cl)cn1)CC2. The smallest absolute Gasteiger partial charge is 0.309 e. The van der Waals surface area contributed by atoms with Crippen molar-refractivity contribution in [2.45, 2.75) is 24.8 Å². The van der Waals surface area contributed by atoms with Crippen LogP contribution in [0.5, 0.6) is 0 Å². The van der Waals surface area contributed by atoms with Crippen LogP contribution in [0.25, 0.3) is 0 Å². The van der Waals surface area contributed by atoms with Crippen LogP contribution in [0.4, 0.5) is 5.82 Å². The van der Waals surface area contributed by atoms with Gasteiger partial charge in [-0.25, -0.2) is 4.98 Å². The van der Waals surface area contributed by atoms with Crippen LogP contribution >= 0.6 is 11.6 Å². The molecule has 1 aromatic rings. The maximum Gasteiger partial charge on any atom is 0.309 e. The lowest BCUT2D eigenvalue weighted by atomic mass is 9.77. The van der Waals surface area contributed by atoms with Gasteiger partial charge >= 0.3 is 5.97 Å². The second kappa shape index (κ2) is 5.43. The molecule has 1 atom stereocenters. The number of pyridine rings is 1. The van der Waals surface area contributed by atoms with E-state index >= 15 is 0 Å². The third-order valence-electron chi connectivity index (χ3n) is 5.03. The van der Waals surface area contributed by atoms with Crippen LogP contribution in [0.15, 0.2) is 18.3 Å². The van der Waals surface area contributed by atoms with Crippen molar-refractivity contribution < 1.29 is 14.7 Å². The van der Waals surface area contributed by atoms with Crippen LogP contribution < -0.4 is 4.90 Å². The van der Waals surface area contributed by atoms with E-state index in [0.717, 1.165) is 5.82 Å².